The summed E-state index contributed by atoms with van der Waals surface area (Å²) in [7, 11) is 0. The lowest BCUT2D eigenvalue weighted by Gasteiger charge is -2.11. The Morgan fingerprint density at radius 3 is 2.92 bits per heavy atom. The van der Waals surface area contributed by atoms with Crippen molar-refractivity contribution in [3.05, 3.63) is 0 Å². The van der Waals surface area contributed by atoms with Gasteiger partial charge in [0.1, 0.15) is 5.84 Å². The molecule has 0 spiro atoms. The maximum Gasteiger partial charge on any atom is 0.139 e. The summed E-state index contributed by atoms with van der Waals surface area (Å²) >= 11 is 0. The second-order valence-corrected chi connectivity index (χ2v) is 3.78. The highest BCUT2D eigenvalue weighted by atomic mass is 16.4. The fraction of sp³-hybridized carbons (Fsp3) is 0.889. The lowest BCUT2D eigenvalue weighted by molar-refractivity contribution is 0.316. The number of nitrogens with zero attached hydrogens (tertiary/aromatic N) is 1. The van der Waals surface area contributed by atoms with Crippen LogP contribution in [-0.4, -0.2) is 23.6 Å². The minimum Gasteiger partial charge on any atom is -0.409 e. The standard InChI is InChI=1S/C9H19N3O/c1-7(8-4-5-8)11-6-2-3-9(10)12-13/h7-8,11,13H,2-6H2,1H3,(H2,10,12). The van der Waals surface area contributed by atoms with Crippen LogP contribution in [0.15, 0.2) is 5.16 Å². The molecule has 0 amide bonds. The van der Waals surface area contributed by atoms with E-state index in [1.54, 1.807) is 0 Å². The smallest absolute Gasteiger partial charge is 0.139 e. The van der Waals surface area contributed by atoms with Crippen LogP contribution in [0.1, 0.15) is 32.6 Å². The Bertz CT molecular complexity index is 178. The predicted octanol–water partition coefficient (Wildman–Crippen LogP) is 0.901. The van der Waals surface area contributed by atoms with Gasteiger partial charge in [-0.25, -0.2) is 0 Å². The summed E-state index contributed by atoms with van der Waals surface area (Å²) in [5.41, 5.74) is 5.33. The molecule has 76 valence electrons. The number of nitrogens with two attached hydrogens (primary N) is 1. The minimum absolute atomic E-state index is 0.320. The number of hydrogen-bond acceptors (Lipinski definition) is 3. The highest BCUT2D eigenvalue weighted by Crippen LogP contribution is 2.32. The molecule has 1 aliphatic rings. The molecule has 1 aliphatic carbocycles. The number of rotatable bonds is 6. The van der Waals surface area contributed by atoms with Gasteiger partial charge in [0.2, 0.25) is 0 Å². The number of nitrogens with one attached hydrogen (secondary N) is 1. The molecule has 4 N–H and O–H groups in total. The molecule has 1 rings (SSSR count). The van der Waals surface area contributed by atoms with Gasteiger partial charge in [0.25, 0.3) is 0 Å². The van der Waals surface area contributed by atoms with E-state index in [2.05, 4.69) is 17.4 Å². The Kier molecular flexibility index (Phi) is 4.02. The summed E-state index contributed by atoms with van der Waals surface area (Å²) in [6.45, 7) is 3.18. The van der Waals surface area contributed by atoms with E-state index >= 15 is 0 Å². The van der Waals surface area contributed by atoms with E-state index in [0.29, 0.717) is 18.3 Å². The Morgan fingerprint density at radius 1 is 1.69 bits per heavy atom. The quantitative estimate of drug-likeness (QED) is 0.189. The second-order valence-electron chi connectivity index (χ2n) is 3.78. The SMILES string of the molecule is CC(NCCCC(N)=NO)C1CC1. The van der Waals surface area contributed by atoms with Crippen molar-refractivity contribution in [2.45, 2.75) is 38.6 Å². The summed E-state index contributed by atoms with van der Waals surface area (Å²) in [5, 5.41) is 14.6. The van der Waals surface area contributed by atoms with E-state index in [-0.39, 0.29) is 0 Å². The Labute approximate surface area is 79.2 Å². The zero-order chi connectivity index (χ0) is 9.68. The third kappa shape index (κ3) is 4.12. The third-order valence-corrected chi connectivity index (χ3v) is 2.53. The first-order chi connectivity index (χ1) is 6.24. The molecular weight excluding hydrogens is 166 g/mol. The van der Waals surface area contributed by atoms with Crippen LogP contribution in [-0.2, 0) is 0 Å². The summed E-state index contributed by atoms with van der Waals surface area (Å²) in [6, 6.07) is 0.632. The van der Waals surface area contributed by atoms with Gasteiger partial charge < -0.3 is 16.3 Å². The number of oxime groups is 1. The Morgan fingerprint density at radius 2 is 2.38 bits per heavy atom. The van der Waals surface area contributed by atoms with Crippen LogP contribution in [0.25, 0.3) is 0 Å². The van der Waals surface area contributed by atoms with Crippen molar-refractivity contribution in [1.29, 1.82) is 0 Å². The third-order valence-electron chi connectivity index (χ3n) is 2.53. The van der Waals surface area contributed by atoms with Gasteiger partial charge in [0.15, 0.2) is 0 Å². The largest absolute Gasteiger partial charge is 0.409 e. The van der Waals surface area contributed by atoms with E-state index in [1.165, 1.54) is 12.8 Å². The average Bonchev–Trinajstić information content (AvgIpc) is 2.94. The maximum absolute atomic E-state index is 8.28. The molecule has 0 radical (unpaired) electrons. The molecule has 0 heterocycles. The van der Waals surface area contributed by atoms with Gasteiger partial charge in [0.05, 0.1) is 0 Å². The first kappa shape index (κ1) is 10.3. The van der Waals surface area contributed by atoms with Gasteiger partial charge >= 0.3 is 0 Å². The number of amidine groups is 1. The van der Waals surface area contributed by atoms with Crippen molar-refractivity contribution in [2.75, 3.05) is 6.54 Å². The maximum atomic E-state index is 8.28. The summed E-state index contributed by atoms with van der Waals surface area (Å²) in [6.07, 6.45) is 4.34. The zero-order valence-corrected chi connectivity index (χ0v) is 8.16. The molecule has 0 bridgehead atoms. The van der Waals surface area contributed by atoms with E-state index in [9.17, 15) is 0 Å². The van der Waals surface area contributed by atoms with Crippen LogP contribution >= 0.6 is 0 Å². The van der Waals surface area contributed by atoms with Gasteiger partial charge in [-0.3, -0.25) is 0 Å². The number of hydrogen-bond donors (Lipinski definition) is 3. The van der Waals surface area contributed by atoms with E-state index in [4.69, 9.17) is 10.9 Å². The summed E-state index contributed by atoms with van der Waals surface area (Å²) < 4.78 is 0. The first-order valence-corrected chi connectivity index (χ1v) is 4.94. The Hall–Kier alpha value is -0.770. The molecule has 0 aromatic carbocycles. The topological polar surface area (TPSA) is 70.6 Å². The molecule has 0 saturated heterocycles. The van der Waals surface area contributed by atoms with Gasteiger partial charge in [-0.2, -0.15) is 0 Å². The highest BCUT2D eigenvalue weighted by Gasteiger charge is 2.26. The van der Waals surface area contributed by atoms with Crippen molar-refractivity contribution in [2.24, 2.45) is 16.8 Å². The van der Waals surface area contributed by atoms with Gasteiger partial charge in [-0.15, -0.1) is 0 Å². The van der Waals surface area contributed by atoms with Crippen LogP contribution in [0.5, 0.6) is 0 Å². The fourth-order valence-corrected chi connectivity index (χ4v) is 1.41. The fourth-order valence-electron chi connectivity index (χ4n) is 1.41. The van der Waals surface area contributed by atoms with Crippen LogP contribution in [0, 0.1) is 5.92 Å². The second kappa shape index (κ2) is 5.07. The minimum atomic E-state index is 0.320. The molecule has 0 aromatic heterocycles. The molecule has 1 atom stereocenters. The first-order valence-electron chi connectivity index (χ1n) is 4.94. The molecule has 4 nitrogen and oxygen atoms in total. The summed E-state index contributed by atoms with van der Waals surface area (Å²) in [4.78, 5) is 0. The van der Waals surface area contributed by atoms with Crippen LogP contribution in [0.4, 0.5) is 0 Å². The molecule has 4 heteroatoms. The molecule has 13 heavy (non-hydrogen) atoms. The van der Waals surface area contributed by atoms with E-state index in [1.807, 2.05) is 0 Å². The molecule has 1 fully saturated rings. The lowest BCUT2D eigenvalue weighted by Crippen LogP contribution is -2.29. The van der Waals surface area contributed by atoms with Gasteiger partial charge in [-0.05, 0) is 38.6 Å². The van der Waals surface area contributed by atoms with Crippen molar-refractivity contribution in [1.82, 2.24) is 5.32 Å². The van der Waals surface area contributed by atoms with Crippen molar-refractivity contribution in [3.63, 3.8) is 0 Å². The molecule has 0 aromatic rings. The molecule has 1 unspecified atom stereocenters. The Balaban J connectivity index is 1.94. The molecule has 1 saturated carbocycles. The van der Waals surface area contributed by atoms with Crippen molar-refractivity contribution < 1.29 is 5.21 Å². The summed E-state index contributed by atoms with van der Waals surface area (Å²) in [5.74, 6) is 1.21. The van der Waals surface area contributed by atoms with Gasteiger partial charge in [-0.1, -0.05) is 5.16 Å². The van der Waals surface area contributed by atoms with Crippen LogP contribution in [0.2, 0.25) is 0 Å². The molecule has 0 aliphatic heterocycles. The lowest BCUT2D eigenvalue weighted by atomic mass is 10.2. The van der Waals surface area contributed by atoms with Crippen molar-refractivity contribution in [3.8, 4) is 0 Å². The zero-order valence-electron chi connectivity index (χ0n) is 8.16. The molecular formula is C9H19N3O. The van der Waals surface area contributed by atoms with E-state index in [0.717, 1.165) is 18.9 Å². The van der Waals surface area contributed by atoms with Crippen LogP contribution in [0.3, 0.4) is 0 Å². The normalized spacial score (nSPS) is 20.2. The van der Waals surface area contributed by atoms with E-state index < -0.39 is 0 Å². The average molecular weight is 185 g/mol. The monoisotopic (exact) mass is 185 g/mol. The van der Waals surface area contributed by atoms with Crippen molar-refractivity contribution >= 4 is 5.84 Å². The van der Waals surface area contributed by atoms with Crippen LogP contribution < -0.4 is 11.1 Å². The highest BCUT2D eigenvalue weighted by molar-refractivity contribution is 5.79. The predicted molar refractivity (Wildman–Crippen MR) is 52.8 cm³/mol. The van der Waals surface area contributed by atoms with Gasteiger partial charge in [0, 0.05) is 12.5 Å².